The fourth-order valence-electron chi connectivity index (χ4n) is 1.81. The number of unbranched alkanes of at least 4 members (excludes halogenated alkanes) is 2. The highest BCUT2D eigenvalue weighted by Crippen LogP contribution is 2.29. The van der Waals surface area contributed by atoms with Crippen molar-refractivity contribution in [2.75, 3.05) is 7.11 Å². The van der Waals surface area contributed by atoms with Crippen molar-refractivity contribution in [3.63, 3.8) is 0 Å². The number of rotatable bonds is 6. The van der Waals surface area contributed by atoms with Crippen LogP contribution in [0.1, 0.15) is 44.2 Å². The van der Waals surface area contributed by atoms with E-state index in [4.69, 9.17) is 10.5 Å². The maximum absolute atomic E-state index is 13.8. The van der Waals surface area contributed by atoms with Crippen molar-refractivity contribution < 1.29 is 13.5 Å². The maximum Gasteiger partial charge on any atom is 0.172 e. The molecule has 0 fully saturated rings. The fraction of sp³-hybridized carbons (Fsp3) is 0.538. The zero-order valence-corrected chi connectivity index (χ0v) is 11.5. The second kappa shape index (κ2) is 8.27. The quantitative estimate of drug-likeness (QED) is 0.800. The van der Waals surface area contributed by atoms with Gasteiger partial charge in [-0.05, 0) is 18.6 Å². The van der Waals surface area contributed by atoms with Crippen molar-refractivity contribution in [3.05, 3.63) is 29.3 Å². The van der Waals surface area contributed by atoms with E-state index >= 15 is 0 Å². The Morgan fingerprint density at radius 1 is 1.28 bits per heavy atom. The first kappa shape index (κ1) is 17.1. The molecule has 2 nitrogen and oxygen atoms in total. The highest BCUT2D eigenvalue weighted by atomic mass is 35.5. The third-order valence-corrected chi connectivity index (χ3v) is 2.80. The predicted molar refractivity (Wildman–Crippen MR) is 71.2 cm³/mol. The van der Waals surface area contributed by atoms with Gasteiger partial charge in [0.2, 0.25) is 0 Å². The van der Waals surface area contributed by atoms with Gasteiger partial charge >= 0.3 is 0 Å². The van der Waals surface area contributed by atoms with Gasteiger partial charge in [-0.2, -0.15) is 0 Å². The molecule has 0 aliphatic heterocycles. The van der Waals surface area contributed by atoms with Gasteiger partial charge in [0, 0.05) is 11.6 Å². The van der Waals surface area contributed by atoms with E-state index in [1.165, 1.54) is 19.2 Å². The van der Waals surface area contributed by atoms with Crippen LogP contribution < -0.4 is 10.5 Å². The van der Waals surface area contributed by atoms with Crippen LogP contribution >= 0.6 is 12.4 Å². The van der Waals surface area contributed by atoms with E-state index in [1.807, 2.05) is 0 Å². The Labute approximate surface area is 113 Å². The first-order valence-corrected chi connectivity index (χ1v) is 5.89. The summed E-state index contributed by atoms with van der Waals surface area (Å²) in [6, 6.07) is 1.85. The van der Waals surface area contributed by atoms with Gasteiger partial charge in [-0.3, -0.25) is 0 Å². The first-order valence-electron chi connectivity index (χ1n) is 5.89. The van der Waals surface area contributed by atoms with Crippen molar-refractivity contribution in [2.24, 2.45) is 5.73 Å². The van der Waals surface area contributed by atoms with Gasteiger partial charge in [-0.25, -0.2) is 8.78 Å². The van der Waals surface area contributed by atoms with Gasteiger partial charge in [-0.1, -0.05) is 26.2 Å². The second-order valence-electron chi connectivity index (χ2n) is 4.08. The number of hydrogen-bond donors (Lipinski definition) is 1. The number of hydrogen-bond acceptors (Lipinski definition) is 2. The Balaban J connectivity index is 0.00000289. The molecule has 1 rings (SSSR count). The lowest BCUT2D eigenvalue weighted by Gasteiger charge is -2.15. The summed E-state index contributed by atoms with van der Waals surface area (Å²) < 4.78 is 32.2. The van der Waals surface area contributed by atoms with Crippen LogP contribution in [-0.2, 0) is 0 Å². The van der Waals surface area contributed by atoms with Gasteiger partial charge in [0.1, 0.15) is 5.82 Å². The first-order chi connectivity index (χ1) is 8.11. The third kappa shape index (κ3) is 4.10. The molecule has 0 bridgehead atoms. The molecule has 5 heteroatoms. The number of ether oxygens (including phenoxy) is 1. The van der Waals surface area contributed by atoms with E-state index < -0.39 is 17.7 Å². The van der Waals surface area contributed by atoms with Gasteiger partial charge in [0.15, 0.2) is 11.6 Å². The highest BCUT2D eigenvalue weighted by molar-refractivity contribution is 5.85. The minimum atomic E-state index is -0.684. The van der Waals surface area contributed by atoms with Crippen molar-refractivity contribution in [2.45, 2.75) is 38.6 Å². The molecular weight excluding hydrogens is 260 g/mol. The van der Waals surface area contributed by atoms with Gasteiger partial charge in [0.25, 0.3) is 0 Å². The van der Waals surface area contributed by atoms with Gasteiger partial charge in [0.05, 0.1) is 7.11 Å². The highest BCUT2D eigenvalue weighted by Gasteiger charge is 2.19. The van der Waals surface area contributed by atoms with Crippen LogP contribution in [0.15, 0.2) is 12.1 Å². The van der Waals surface area contributed by atoms with Crippen molar-refractivity contribution in [1.29, 1.82) is 0 Å². The van der Waals surface area contributed by atoms with Crippen LogP contribution in [0.2, 0.25) is 0 Å². The number of methoxy groups -OCH3 is 1. The smallest absolute Gasteiger partial charge is 0.172 e. The normalized spacial score (nSPS) is 11.8. The number of nitrogens with two attached hydrogens (primary N) is 1. The summed E-state index contributed by atoms with van der Waals surface area (Å²) in [7, 11) is 1.35. The van der Waals surface area contributed by atoms with E-state index in [2.05, 4.69) is 6.92 Å². The van der Waals surface area contributed by atoms with Gasteiger partial charge in [-0.15, -0.1) is 12.4 Å². The lowest BCUT2D eigenvalue weighted by Crippen LogP contribution is -2.14. The molecule has 0 saturated carbocycles. The van der Waals surface area contributed by atoms with Gasteiger partial charge < -0.3 is 10.5 Å². The molecule has 0 aliphatic rings. The molecule has 18 heavy (non-hydrogen) atoms. The van der Waals surface area contributed by atoms with Crippen molar-refractivity contribution >= 4 is 12.4 Å². The minimum absolute atomic E-state index is 0. The third-order valence-electron chi connectivity index (χ3n) is 2.80. The average molecular weight is 280 g/mol. The Kier molecular flexibility index (Phi) is 7.87. The van der Waals surface area contributed by atoms with E-state index in [9.17, 15) is 8.78 Å². The topological polar surface area (TPSA) is 35.2 Å². The molecule has 2 N–H and O–H groups in total. The summed E-state index contributed by atoms with van der Waals surface area (Å²) >= 11 is 0. The Morgan fingerprint density at radius 2 is 1.94 bits per heavy atom. The second-order valence-corrected chi connectivity index (χ2v) is 4.08. The monoisotopic (exact) mass is 279 g/mol. The summed E-state index contributed by atoms with van der Waals surface area (Å²) in [5.41, 5.74) is 5.76. The molecule has 0 unspecified atom stereocenters. The summed E-state index contributed by atoms with van der Waals surface area (Å²) in [5.74, 6) is -1.25. The molecule has 0 aromatic heterocycles. The Morgan fingerprint density at radius 3 is 2.50 bits per heavy atom. The van der Waals surface area contributed by atoms with E-state index in [-0.39, 0.29) is 23.7 Å². The lowest BCUT2D eigenvalue weighted by molar-refractivity contribution is 0.376. The molecule has 1 aromatic carbocycles. The van der Waals surface area contributed by atoms with Crippen LogP contribution in [0, 0.1) is 11.6 Å². The minimum Gasteiger partial charge on any atom is -0.494 e. The molecule has 0 heterocycles. The van der Waals surface area contributed by atoms with Crippen molar-refractivity contribution in [1.82, 2.24) is 0 Å². The van der Waals surface area contributed by atoms with Crippen LogP contribution in [0.4, 0.5) is 8.78 Å². The number of halogens is 3. The molecule has 0 spiro atoms. The molecule has 104 valence electrons. The zero-order valence-electron chi connectivity index (χ0n) is 10.7. The predicted octanol–water partition coefficient (Wildman–Crippen LogP) is 3.98. The largest absolute Gasteiger partial charge is 0.494 e. The van der Waals surface area contributed by atoms with E-state index in [0.717, 1.165) is 19.3 Å². The molecule has 0 amide bonds. The maximum atomic E-state index is 13.8. The van der Waals surface area contributed by atoms with Crippen LogP contribution in [0.3, 0.4) is 0 Å². The van der Waals surface area contributed by atoms with Crippen LogP contribution in [0.25, 0.3) is 0 Å². The summed E-state index contributed by atoms with van der Waals surface area (Å²) in [4.78, 5) is 0. The summed E-state index contributed by atoms with van der Waals surface area (Å²) in [6.07, 6.45) is 3.51. The molecule has 0 radical (unpaired) electrons. The molecular formula is C13H20ClF2NO. The molecule has 0 aliphatic carbocycles. The average Bonchev–Trinajstić information content (AvgIpc) is 2.30. The number of benzene rings is 1. The summed E-state index contributed by atoms with van der Waals surface area (Å²) in [6.45, 7) is 2.07. The standard InChI is InChI=1S/C13H19F2NO.ClH/c1-3-4-5-6-10(16)12-9(14)7-8-11(17-2)13(12)15;/h7-8,10H,3-6,16H2,1-2H3;1H/t10-;/m0./s1. The lowest BCUT2D eigenvalue weighted by atomic mass is 10.00. The molecule has 1 aromatic rings. The molecule has 1 atom stereocenters. The fourth-order valence-corrected chi connectivity index (χ4v) is 1.81. The SMILES string of the molecule is CCCCC[C@H](N)c1c(F)ccc(OC)c1F.Cl. The molecule has 0 saturated heterocycles. The Hall–Kier alpha value is -0.870. The Bertz CT molecular complexity index is 374. The van der Waals surface area contributed by atoms with Crippen molar-refractivity contribution in [3.8, 4) is 5.75 Å². The summed E-state index contributed by atoms with van der Waals surface area (Å²) in [5, 5.41) is 0. The van der Waals surface area contributed by atoms with Crippen LogP contribution in [-0.4, -0.2) is 7.11 Å². The van der Waals surface area contributed by atoms with Crippen LogP contribution in [0.5, 0.6) is 5.75 Å². The zero-order chi connectivity index (χ0) is 12.8. The van der Waals surface area contributed by atoms with E-state index in [0.29, 0.717) is 6.42 Å². The van der Waals surface area contributed by atoms with E-state index in [1.54, 1.807) is 0 Å².